The number of H-pyrrole nitrogens is 1. The zero-order valence-corrected chi connectivity index (χ0v) is 16.2. The van der Waals surface area contributed by atoms with E-state index in [0.717, 1.165) is 16.8 Å². The van der Waals surface area contributed by atoms with Gasteiger partial charge in [0.25, 0.3) is 0 Å². The molecule has 3 aromatic rings. The molecule has 1 heterocycles. The Labute approximate surface area is 168 Å². The monoisotopic (exact) mass is 427 g/mol. The summed E-state index contributed by atoms with van der Waals surface area (Å²) >= 11 is 5.94. The molecule has 3 rings (SSSR count). The maximum atomic E-state index is 12.6. The molecule has 0 unspecified atom stereocenters. The van der Waals surface area contributed by atoms with Crippen molar-refractivity contribution in [2.24, 2.45) is 0 Å². The summed E-state index contributed by atoms with van der Waals surface area (Å²) in [6.07, 6.45) is 0. The van der Waals surface area contributed by atoms with Crippen molar-refractivity contribution in [3.8, 4) is 11.5 Å². The van der Waals surface area contributed by atoms with Crippen molar-refractivity contribution in [3.05, 3.63) is 42.5 Å². The first-order chi connectivity index (χ1) is 13.3. The van der Waals surface area contributed by atoms with Crippen LogP contribution in [0, 0.1) is 0 Å². The van der Waals surface area contributed by atoms with Crippen molar-refractivity contribution >= 4 is 46.0 Å². The van der Waals surface area contributed by atoms with Gasteiger partial charge in [-0.1, -0.05) is 11.8 Å². The van der Waals surface area contributed by atoms with E-state index in [2.05, 4.69) is 20.0 Å². The third-order valence-electron chi connectivity index (χ3n) is 3.45. The van der Waals surface area contributed by atoms with Crippen LogP contribution in [0.1, 0.15) is 6.92 Å². The number of thioether (sulfide) groups is 1. The average molecular weight is 428 g/mol. The minimum atomic E-state index is -3.78. The number of nitrogens with zero attached hydrogens (tertiary/aromatic N) is 1. The summed E-state index contributed by atoms with van der Waals surface area (Å²) in [4.78, 5) is 19.6. The van der Waals surface area contributed by atoms with E-state index in [0.29, 0.717) is 17.5 Å². The summed E-state index contributed by atoms with van der Waals surface area (Å²) in [6.45, 7) is 2.48. The highest BCUT2D eigenvalue weighted by Crippen LogP contribution is 2.26. The van der Waals surface area contributed by atoms with E-state index in [1.807, 2.05) is 25.1 Å². The normalized spacial score (nSPS) is 11.4. The highest BCUT2D eigenvalue weighted by molar-refractivity contribution is 7.99. The van der Waals surface area contributed by atoms with E-state index in [-0.39, 0.29) is 17.4 Å². The van der Waals surface area contributed by atoms with Gasteiger partial charge in [0.2, 0.25) is 5.91 Å². The number of amides is 1. The molecule has 10 heteroatoms. The van der Waals surface area contributed by atoms with E-state index in [1.54, 1.807) is 0 Å². The molecule has 6 nitrogen and oxygen atoms in total. The minimum Gasteiger partial charge on any atom is -0.494 e. The highest BCUT2D eigenvalue weighted by Gasteiger charge is 2.27. The predicted octanol–water partition coefficient (Wildman–Crippen LogP) is 4.86. The van der Waals surface area contributed by atoms with Crippen LogP contribution in [0.25, 0.3) is 11.0 Å². The van der Waals surface area contributed by atoms with Gasteiger partial charge in [-0.05, 0) is 43.3 Å². The van der Waals surface area contributed by atoms with Gasteiger partial charge in [-0.2, -0.15) is 0 Å². The Kier molecular flexibility index (Phi) is 6.25. The topological polar surface area (TPSA) is 76.2 Å². The van der Waals surface area contributed by atoms with Crippen LogP contribution in [0.3, 0.4) is 0 Å². The van der Waals surface area contributed by atoms with Crippen molar-refractivity contribution in [2.45, 2.75) is 17.6 Å². The summed E-state index contributed by atoms with van der Waals surface area (Å²) in [6, 6.07) is 11.0. The number of carbonyl (C=O) groups is 1. The van der Waals surface area contributed by atoms with E-state index >= 15 is 0 Å². The number of carbonyl (C=O) groups excluding carboxylic acids is 1. The first-order valence-electron chi connectivity index (χ1n) is 8.23. The fourth-order valence-electron chi connectivity index (χ4n) is 2.36. The molecule has 0 bridgehead atoms. The summed E-state index contributed by atoms with van der Waals surface area (Å²) in [5, 5.41) is 3.27. The maximum Gasteiger partial charge on any atom is 0.487 e. The molecular formula is C18H16ClF2N3O3S. The SMILES string of the molecule is CCOc1ccc2nc(SCC(=O)Nc3ccc(OC(F)(F)Cl)cc3)[nH]c2c1. The molecule has 0 aliphatic carbocycles. The number of rotatable bonds is 8. The Morgan fingerprint density at radius 1 is 1.25 bits per heavy atom. The molecule has 0 saturated heterocycles. The fraction of sp³-hybridized carbons (Fsp3) is 0.222. The smallest absolute Gasteiger partial charge is 0.487 e. The van der Waals surface area contributed by atoms with Crippen LogP contribution in [0.15, 0.2) is 47.6 Å². The Bertz CT molecular complexity index is 961. The lowest BCUT2D eigenvalue weighted by molar-refractivity contribution is -0.113. The molecule has 0 fully saturated rings. The van der Waals surface area contributed by atoms with E-state index in [1.165, 1.54) is 36.0 Å². The molecule has 0 aliphatic heterocycles. The van der Waals surface area contributed by atoms with Gasteiger partial charge in [0.1, 0.15) is 11.5 Å². The summed E-state index contributed by atoms with van der Waals surface area (Å²) in [5.41, 5.74) is -1.74. The molecule has 28 heavy (non-hydrogen) atoms. The van der Waals surface area contributed by atoms with Gasteiger partial charge in [0.05, 0.1) is 23.4 Å². The number of ether oxygens (including phenoxy) is 2. The molecule has 1 aromatic heterocycles. The number of benzene rings is 2. The van der Waals surface area contributed by atoms with Gasteiger partial charge in [-0.3, -0.25) is 4.79 Å². The largest absolute Gasteiger partial charge is 0.494 e. The maximum absolute atomic E-state index is 12.6. The van der Waals surface area contributed by atoms with E-state index in [9.17, 15) is 13.6 Å². The zero-order valence-electron chi connectivity index (χ0n) is 14.7. The first kappa shape index (κ1) is 20.2. The second-order valence-electron chi connectivity index (χ2n) is 5.56. The second-order valence-corrected chi connectivity index (χ2v) is 6.97. The molecule has 2 aromatic carbocycles. The molecule has 0 radical (unpaired) electrons. The van der Waals surface area contributed by atoms with Crippen LogP contribution in [-0.2, 0) is 4.79 Å². The van der Waals surface area contributed by atoms with Crippen molar-refractivity contribution in [1.82, 2.24) is 9.97 Å². The van der Waals surface area contributed by atoms with Crippen LogP contribution in [-0.4, -0.2) is 33.8 Å². The Balaban J connectivity index is 1.54. The van der Waals surface area contributed by atoms with E-state index in [4.69, 9.17) is 16.3 Å². The van der Waals surface area contributed by atoms with Crippen molar-refractivity contribution in [2.75, 3.05) is 17.7 Å². The molecule has 148 valence electrons. The van der Waals surface area contributed by atoms with Crippen LogP contribution in [0.4, 0.5) is 14.5 Å². The van der Waals surface area contributed by atoms with Crippen molar-refractivity contribution in [1.29, 1.82) is 0 Å². The number of alkyl halides is 3. The number of halogens is 3. The number of nitrogens with one attached hydrogen (secondary N) is 2. The highest BCUT2D eigenvalue weighted by atomic mass is 35.5. The number of hydrogen-bond donors (Lipinski definition) is 2. The number of aromatic amines is 1. The quantitative estimate of drug-likeness (QED) is 0.396. The number of aromatic nitrogens is 2. The zero-order chi connectivity index (χ0) is 20.1. The number of hydrogen-bond acceptors (Lipinski definition) is 5. The lowest BCUT2D eigenvalue weighted by Crippen LogP contribution is -2.16. The molecule has 1 amide bonds. The first-order valence-corrected chi connectivity index (χ1v) is 9.60. The van der Waals surface area contributed by atoms with Crippen LogP contribution in [0.5, 0.6) is 11.5 Å². The lowest BCUT2D eigenvalue weighted by Gasteiger charge is -2.11. The van der Waals surface area contributed by atoms with Crippen molar-refractivity contribution < 1.29 is 23.0 Å². The number of anilines is 1. The lowest BCUT2D eigenvalue weighted by atomic mass is 10.3. The molecule has 2 N–H and O–H groups in total. The van der Waals surface area contributed by atoms with Crippen LogP contribution < -0.4 is 14.8 Å². The summed E-state index contributed by atoms with van der Waals surface area (Å²) in [5.74, 6) is 0.487. The minimum absolute atomic E-state index is 0.110. The van der Waals surface area contributed by atoms with Gasteiger partial charge in [0, 0.05) is 23.4 Å². The molecule has 0 aliphatic rings. The average Bonchev–Trinajstić information content (AvgIpc) is 3.03. The number of fused-ring (bicyclic) bond motifs is 1. The number of imidazole rings is 1. The fourth-order valence-corrected chi connectivity index (χ4v) is 3.14. The second kappa shape index (κ2) is 8.66. The summed E-state index contributed by atoms with van der Waals surface area (Å²) < 4.78 is 34.8. The Morgan fingerprint density at radius 2 is 1.96 bits per heavy atom. The molecule has 0 spiro atoms. The van der Waals surface area contributed by atoms with Gasteiger partial charge in [-0.25, -0.2) is 4.98 Å². The van der Waals surface area contributed by atoms with E-state index < -0.39 is 5.57 Å². The summed E-state index contributed by atoms with van der Waals surface area (Å²) in [7, 11) is 0. The predicted molar refractivity (Wildman–Crippen MR) is 104 cm³/mol. The Morgan fingerprint density at radius 3 is 2.64 bits per heavy atom. The Hall–Kier alpha value is -2.52. The molecule has 0 saturated carbocycles. The van der Waals surface area contributed by atoms with Gasteiger partial charge < -0.3 is 19.8 Å². The van der Waals surface area contributed by atoms with Crippen LogP contribution in [0.2, 0.25) is 0 Å². The van der Waals surface area contributed by atoms with Crippen molar-refractivity contribution in [3.63, 3.8) is 0 Å². The van der Waals surface area contributed by atoms with Gasteiger partial charge >= 0.3 is 5.57 Å². The molecule has 0 atom stereocenters. The third-order valence-corrected chi connectivity index (χ3v) is 4.40. The van der Waals surface area contributed by atoms with Crippen LogP contribution >= 0.6 is 23.4 Å². The third kappa shape index (κ3) is 5.74. The van der Waals surface area contributed by atoms with Gasteiger partial charge in [-0.15, -0.1) is 8.78 Å². The van der Waals surface area contributed by atoms with Gasteiger partial charge in [0.15, 0.2) is 5.16 Å². The molecular weight excluding hydrogens is 412 g/mol. The standard InChI is InChI=1S/C18H16ClF2N3O3S/c1-2-26-13-7-8-14-15(9-13)24-17(23-14)28-10-16(25)22-11-3-5-12(6-4-11)27-18(19,20)21/h3-9H,2,10H2,1H3,(H,22,25)(H,23,24).